The zero-order chi connectivity index (χ0) is 14.2. The minimum absolute atomic E-state index is 0. The van der Waals surface area contributed by atoms with Crippen molar-refractivity contribution >= 4 is 29.9 Å². The van der Waals surface area contributed by atoms with Crippen molar-refractivity contribution in [3.8, 4) is 0 Å². The van der Waals surface area contributed by atoms with E-state index in [-0.39, 0.29) is 24.0 Å². The molecule has 1 aromatic carbocycles. The average Bonchev–Trinajstić information content (AvgIpc) is 2.67. The Kier molecular flexibility index (Phi) is 5.17. The quantitative estimate of drug-likeness (QED) is 0.748. The van der Waals surface area contributed by atoms with Gasteiger partial charge in [0.25, 0.3) is 0 Å². The lowest BCUT2D eigenvalue weighted by molar-refractivity contribution is 0.238. The van der Waals surface area contributed by atoms with Crippen LogP contribution in [0.4, 0.5) is 0 Å². The number of rotatable bonds is 2. The van der Waals surface area contributed by atoms with Crippen LogP contribution in [0, 0.1) is 17.3 Å². The van der Waals surface area contributed by atoms with Gasteiger partial charge in [-0.2, -0.15) is 0 Å². The molecule has 1 heterocycles. The number of fused-ring (bicyclic) bond motifs is 1. The van der Waals surface area contributed by atoms with E-state index in [0.29, 0.717) is 17.4 Å². The number of hydrogen-bond donors (Lipinski definition) is 2. The number of hydrogen-bond acceptors (Lipinski definition) is 3. The maximum Gasteiger partial charge on any atom is 0.191 e. The molecule has 1 fully saturated rings. The van der Waals surface area contributed by atoms with Crippen LogP contribution < -0.4 is 10.6 Å². The van der Waals surface area contributed by atoms with Gasteiger partial charge >= 0.3 is 0 Å². The molecule has 0 amide bonds. The number of guanidine groups is 1. The second-order valence-electron chi connectivity index (χ2n) is 6.98. The molecule has 2 N–H and O–H groups in total. The number of nitrogens with zero attached hydrogens (tertiary/aromatic N) is 1. The van der Waals surface area contributed by atoms with Crippen LogP contribution in [0.5, 0.6) is 0 Å². The van der Waals surface area contributed by atoms with Crippen LogP contribution in [0.25, 0.3) is 0 Å². The van der Waals surface area contributed by atoms with Gasteiger partial charge in [0.15, 0.2) is 5.96 Å². The van der Waals surface area contributed by atoms with Crippen LogP contribution in [-0.2, 0) is 6.54 Å². The molecule has 1 aromatic rings. The summed E-state index contributed by atoms with van der Waals surface area (Å²) in [6, 6.07) is 11.0. The highest BCUT2D eigenvalue weighted by Crippen LogP contribution is 2.46. The van der Waals surface area contributed by atoms with Crippen molar-refractivity contribution in [3.05, 3.63) is 35.9 Å². The van der Waals surface area contributed by atoms with Gasteiger partial charge in [-0.25, -0.2) is 0 Å². The van der Waals surface area contributed by atoms with E-state index in [9.17, 15) is 0 Å². The van der Waals surface area contributed by atoms with E-state index in [4.69, 9.17) is 4.99 Å². The van der Waals surface area contributed by atoms with Crippen molar-refractivity contribution in [1.29, 1.82) is 0 Å². The van der Waals surface area contributed by atoms with Crippen LogP contribution in [0.3, 0.4) is 0 Å². The summed E-state index contributed by atoms with van der Waals surface area (Å²) in [5.74, 6) is 2.36. The Morgan fingerprint density at radius 1 is 1.29 bits per heavy atom. The molecular formula is C17H26IN3. The topological polar surface area (TPSA) is 36.4 Å². The van der Waals surface area contributed by atoms with Gasteiger partial charge in [0, 0.05) is 25.0 Å². The molecular weight excluding hydrogens is 373 g/mol. The van der Waals surface area contributed by atoms with Crippen LogP contribution in [0.15, 0.2) is 35.3 Å². The monoisotopic (exact) mass is 399 g/mol. The number of benzene rings is 1. The third kappa shape index (κ3) is 3.52. The Morgan fingerprint density at radius 2 is 2.00 bits per heavy atom. The molecule has 1 aliphatic heterocycles. The van der Waals surface area contributed by atoms with E-state index in [1.807, 2.05) is 6.07 Å². The summed E-state index contributed by atoms with van der Waals surface area (Å²) in [6.45, 7) is 8.91. The van der Waals surface area contributed by atoms with E-state index < -0.39 is 0 Å². The zero-order valence-electron chi connectivity index (χ0n) is 13.1. The second-order valence-corrected chi connectivity index (χ2v) is 6.98. The maximum atomic E-state index is 4.71. The minimum atomic E-state index is 0. The third-order valence-electron chi connectivity index (χ3n) is 4.95. The van der Waals surface area contributed by atoms with E-state index in [2.05, 4.69) is 55.7 Å². The molecule has 0 spiro atoms. The summed E-state index contributed by atoms with van der Waals surface area (Å²) >= 11 is 0. The van der Waals surface area contributed by atoms with Crippen LogP contribution in [-0.4, -0.2) is 18.5 Å². The van der Waals surface area contributed by atoms with E-state index in [1.54, 1.807) is 0 Å². The van der Waals surface area contributed by atoms with E-state index in [1.165, 1.54) is 12.0 Å². The van der Waals surface area contributed by atoms with Crippen molar-refractivity contribution in [2.75, 3.05) is 6.54 Å². The Hall–Kier alpha value is -0.780. The van der Waals surface area contributed by atoms with Crippen LogP contribution >= 0.6 is 24.0 Å². The van der Waals surface area contributed by atoms with Gasteiger partial charge in [-0.3, -0.25) is 4.99 Å². The smallest absolute Gasteiger partial charge is 0.191 e. The van der Waals surface area contributed by atoms with Crippen LogP contribution in [0.2, 0.25) is 0 Å². The molecule has 0 radical (unpaired) electrons. The summed E-state index contributed by atoms with van der Waals surface area (Å²) in [4.78, 5) is 4.71. The Bertz CT molecular complexity index is 498. The highest BCUT2D eigenvalue weighted by molar-refractivity contribution is 14.0. The normalized spacial score (nSPS) is 29.7. The first-order chi connectivity index (χ1) is 9.56. The average molecular weight is 399 g/mol. The minimum Gasteiger partial charge on any atom is -0.353 e. The van der Waals surface area contributed by atoms with E-state index in [0.717, 1.165) is 25.0 Å². The summed E-state index contributed by atoms with van der Waals surface area (Å²) in [5, 5.41) is 7.07. The number of aliphatic imine (C=N–C) groups is 1. The summed E-state index contributed by atoms with van der Waals surface area (Å²) < 4.78 is 0. The number of halogens is 1. The van der Waals surface area contributed by atoms with Gasteiger partial charge in [0.2, 0.25) is 0 Å². The first-order valence-electron chi connectivity index (χ1n) is 7.65. The van der Waals surface area contributed by atoms with E-state index >= 15 is 0 Å². The molecule has 0 bridgehead atoms. The van der Waals surface area contributed by atoms with Gasteiger partial charge in [-0.05, 0) is 23.3 Å². The molecule has 0 saturated heterocycles. The fourth-order valence-corrected chi connectivity index (χ4v) is 3.88. The first kappa shape index (κ1) is 16.6. The lowest BCUT2D eigenvalue weighted by Gasteiger charge is -2.34. The van der Waals surface area contributed by atoms with Gasteiger partial charge < -0.3 is 10.6 Å². The van der Waals surface area contributed by atoms with Crippen molar-refractivity contribution in [3.63, 3.8) is 0 Å². The van der Waals surface area contributed by atoms with Gasteiger partial charge in [-0.1, -0.05) is 51.1 Å². The van der Waals surface area contributed by atoms with Crippen LogP contribution in [0.1, 0.15) is 32.8 Å². The molecule has 1 aliphatic carbocycles. The fraction of sp³-hybridized carbons (Fsp3) is 0.588. The zero-order valence-corrected chi connectivity index (χ0v) is 15.4. The molecule has 3 unspecified atom stereocenters. The fourth-order valence-electron chi connectivity index (χ4n) is 3.88. The predicted octanol–water partition coefficient (Wildman–Crippen LogP) is 3.40. The predicted molar refractivity (Wildman–Crippen MR) is 99.0 cm³/mol. The largest absolute Gasteiger partial charge is 0.353 e. The molecule has 116 valence electrons. The summed E-state index contributed by atoms with van der Waals surface area (Å²) in [6.07, 6.45) is 1.29. The van der Waals surface area contributed by atoms with Crippen molar-refractivity contribution in [2.45, 2.75) is 39.8 Å². The maximum absolute atomic E-state index is 4.71. The molecule has 0 aromatic heterocycles. The second kappa shape index (κ2) is 6.55. The molecule has 2 aliphatic rings. The van der Waals surface area contributed by atoms with Crippen molar-refractivity contribution < 1.29 is 0 Å². The lowest BCUT2D eigenvalue weighted by atomic mass is 9.80. The van der Waals surface area contributed by atoms with Gasteiger partial charge in [0.05, 0.1) is 0 Å². The number of nitrogens with one attached hydrogen (secondary N) is 2. The standard InChI is InChI=1S/C17H25N3.HI/c1-12-9-17(2,3)14-11-19-16(20-15(12)14)18-10-13-7-5-4-6-8-13;/h4-8,12,14-15H,9-11H2,1-3H3,(H2,18,19,20);1H. The first-order valence-corrected chi connectivity index (χ1v) is 7.65. The molecule has 1 saturated carbocycles. The van der Waals surface area contributed by atoms with Gasteiger partial charge in [-0.15, -0.1) is 24.0 Å². The Morgan fingerprint density at radius 3 is 2.71 bits per heavy atom. The Labute approximate surface area is 145 Å². The molecule has 3 nitrogen and oxygen atoms in total. The molecule has 3 rings (SSSR count). The Balaban J connectivity index is 0.00000161. The molecule has 4 heteroatoms. The summed E-state index contributed by atoms with van der Waals surface area (Å²) in [5.41, 5.74) is 1.70. The highest BCUT2D eigenvalue weighted by atomic mass is 127. The molecule has 3 atom stereocenters. The van der Waals surface area contributed by atoms with Gasteiger partial charge in [0.1, 0.15) is 0 Å². The molecule has 21 heavy (non-hydrogen) atoms. The lowest BCUT2D eigenvalue weighted by Crippen LogP contribution is -2.52. The highest BCUT2D eigenvalue weighted by Gasteiger charge is 2.47. The summed E-state index contributed by atoms with van der Waals surface area (Å²) in [7, 11) is 0. The third-order valence-corrected chi connectivity index (χ3v) is 4.95. The SMILES string of the molecule is CC1CC(C)(C)C2CN=C(NCc3ccccc3)NC12.I. The van der Waals surface area contributed by atoms with Crippen molar-refractivity contribution in [2.24, 2.45) is 22.2 Å². The van der Waals surface area contributed by atoms with Crippen molar-refractivity contribution in [1.82, 2.24) is 10.6 Å².